The van der Waals surface area contributed by atoms with Crippen molar-refractivity contribution in [2.24, 2.45) is 5.73 Å². The molecule has 0 radical (unpaired) electrons. The van der Waals surface area contributed by atoms with Crippen molar-refractivity contribution in [2.75, 3.05) is 5.75 Å². The van der Waals surface area contributed by atoms with Gasteiger partial charge in [0, 0.05) is 19.6 Å². The van der Waals surface area contributed by atoms with Crippen LogP contribution >= 0.6 is 11.8 Å². The lowest BCUT2D eigenvalue weighted by Gasteiger charge is -2.47. The molecular weight excluding hydrogens is 400 g/mol. The SMILES string of the molecule is CC(=O)Oc1ccc(C=CC2=C(C(=O)O)N3C(=O)[C@@H](N)[C@H]3SC2)cc1OC(C)=O. The fourth-order valence-electron chi connectivity index (χ4n) is 2.97. The normalized spacial score (nSPS) is 20.9. The average molecular weight is 418 g/mol. The predicted molar refractivity (Wildman–Crippen MR) is 104 cm³/mol. The molecule has 0 unspecified atom stereocenters. The van der Waals surface area contributed by atoms with E-state index in [1.54, 1.807) is 18.2 Å². The number of esters is 2. The van der Waals surface area contributed by atoms with Crippen LogP contribution in [-0.4, -0.2) is 51.0 Å². The van der Waals surface area contributed by atoms with E-state index in [-0.39, 0.29) is 22.6 Å². The summed E-state index contributed by atoms with van der Waals surface area (Å²) in [5, 5.41) is 9.18. The molecule has 152 valence electrons. The lowest BCUT2D eigenvalue weighted by atomic mass is 10.0. The van der Waals surface area contributed by atoms with Crippen LogP contribution in [0.25, 0.3) is 6.08 Å². The maximum atomic E-state index is 12.0. The number of ether oxygens (including phenoxy) is 2. The molecule has 2 heterocycles. The summed E-state index contributed by atoms with van der Waals surface area (Å²) in [5.41, 5.74) is 6.67. The topological polar surface area (TPSA) is 136 Å². The smallest absolute Gasteiger partial charge is 0.352 e. The van der Waals surface area contributed by atoms with Crippen molar-refractivity contribution in [1.82, 2.24) is 4.90 Å². The molecule has 2 atom stereocenters. The molecule has 9 nitrogen and oxygen atoms in total. The number of benzene rings is 1. The van der Waals surface area contributed by atoms with E-state index in [9.17, 15) is 24.3 Å². The van der Waals surface area contributed by atoms with Crippen molar-refractivity contribution in [3.05, 3.63) is 41.1 Å². The number of nitrogens with zero attached hydrogens (tertiary/aromatic N) is 1. The summed E-state index contributed by atoms with van der Waals surface area (Å²) >= 11 is 1.39. The Hall–Kier alpha value is -3.11. The molecule has 0 bridgehead atoms. The van der Waals surface area contributed by atoms with Gasteiger partial charge in [0.2, 0.25) is 5.91 Å². The number of hydrogen-bond acceptors (Lipinski definition) is 8. The van der Waals surface area contributed by atoms with Crippen LogP contribution in [0.4, 0.5) is 0 Å². The van der Waals surface area contributed by atoms with Crippen molar-refractivity contribution in [3.63, 3.8) is 0 Å². The number of carboxylic acids is 1. The van der Waals surface area contributed by atoms with E-state index in [2.05, 4.69) is 0 Å². The van der Waals surface area contributed by atoms with E-state index in [0.717, 1.165) is 0 Å². The second kappa shape index (κ2) is 8.10. The molecule has 3 rings (SSSR count). The highest BCUT2D eigenvalue weighted by Crippen LogP contribution is 2.40. The molecule has 0 spiro atoms. The largest absolute Gasteiger partial charge is 0.477 e. The van der Waals surface area contributed by atoms with Gasteiger partial charge in [0.05, 0.1) is 0 Å². The third-order valence-electron chi connectivity index (χ3n) is 4.19. The Labute approximate surface area is 170 Å². The van der Waals surface area contributed by atoms with Crippen LogP contribution in [0.3, 0.4) is 0 Å². The number of amides is 1. The summed E-state index contributed by atoms with van der Waals surface area (Å²) < 4.78 is 10.1. The number of fused-ring (bicyclic) bond motifs is 1. The van der Waals surface area contributed by atoms with Crippen LogP contribution in [0, 0.1) is 0 Å². The van der Waals surface area contributed by atoms with Crippen molar-refractivity contribution in [1.29, 1.82) is 0 Å². The van der Waals surface area contributed by atoms with Gasteiger partial charge in [-0.25, -0.2) is 4.79 Å². The van der Waals surface area contributed by atoms with Gasteiger partial charge in [-0.05, 0) is 23.3 Å². The summed E-state index contributed by atoms with van der Waals surface area (Å²) in [6, 6.07) is 3.88. The van der Waals surface area contributed by atoms with E-state index < -0.39 is 29.9 Å². The second-order valence-corrected chi connectivity index (χ2v) is 7.45. The third-order valence-corrected chi connectivity index (χ3v) is 5.52. The standard InChI is InChI=1S/C19H18N2O7S/c1-9(22)27-13-6-4-11(7-14(13)28-10(2)23)3-5-12-8-29-18-15(20)17(24)21(18)16(12)19(25)26/h3-7,15,18H,8,20H2,1-2H3,(H,25,26)/t15-,18-/m1/s1. The van der Waals surface area contributed by atoms with Gasteiger partial charge in [-0.3, -0.25) is 19.3 Å². The number of nitrogens with two attached hydrogens (primary N) is 1. The van der Waals surface area contributed by atoms with Gasteiger partial charge >= 0.3 is 17.9 Å². The zero-order valence-corrected chi connectivity index (χ0v) is 16.4. The third kappa shape index (κ3) is 4.17. The van der Waals surface area contributed by atoms with Crippen molar-refractivity contribution in [3.8, 4) is 11.5 Å². The molecule has 0 saturated carbocycles. The Bertz CT molecular complexity index is 969. The van der Waals surface area contributed by atoms with E-state index >= 15 is 0 Å². The maximum absolute atomic E-state index is 12.0. The van der Waals surface area contributed by atoms with E-state index in [1.807, 2.05) is 0 Å². The van der Waals surface area contributed by atoms with Crippen LogP contribution in [0.1, 0.15) is 19.4 Å². The van der Waals surface area contributed by atoms with E-state index in [1.165, 1.54) is 42.6 Å². The zero-order chi connectivity index (χ0) is 21.3. The predicted octanol–water partition coefficient (Wildman–Crippen LogP) is 1.13. The quantitative estimate of drug-likeness (QED) is 0.410. The highest BCUT2D eigenvalue weighted by Gasteiger charge is 2.51. The minimum Gasteiger partial charge on any atom is -0.477 e. The van der Waals surface area contributed by atoms with Crippen LogP contribution in [0.5, 0.6) is 11.5 Å². The monoisotopic (exact) mass is 418 g/mol. The number of hydrogen-bond donors (Lipinski definition) is 2. The maximum Gasteiger partial charge on any atom is 0.352 e. The molecule has 1 aromatic carbocycles. The number of aliphatic carboxylic acids is 1. The minimum absolute atomic E-state index is 0.0595. The van der Waals surface area contributed by atoms with Crippen LogP contribution in [0.15, 0.2) is 35.5 Å². The molecule has 2 aliphatic heterocycles. The molecule has 3 N–H and O–H groups in total. The van der Waals surface area contributed by atoms with Gasteiger partial charge in [0.25, 0.3) is 0 Å². The number of β-lactam (4-membered cyclic amide) rings is 1. The van der Waals surface area contributed by atoms with Gasteiger partial charge in [0.1, 0.15) is 17.1 Å². The van der Waals surface area contributed by atoms with Crippen LogP contribution in [0.2, 0.25) is 0 Å². The Kier molecular flexibility index (Phi) is 5.76. The molecule has 0 aliphatic carbocycles. The number of allylic oxidation sites excluding steroid dienone is 1. The number of rotatable bonds is 5. The van der Waals surface area contributed by atoms with Crippen molar-refractivity contribution < 1.29 is 33.8 Å². The lowest BCUT2D eigenvalue weighted by molar-refractivity contribution is -0.147. The first kappa shape index (κ1) is 20.6. The van der Waals surface area contributed by atoms with Crippen LogP contribution < -0.4 is 15.2 Å². The Morgan fingerprint density at radius 1 is 1.17 bits per heavy atom. The molecule has 0 aromatic heterocycles. The average Bonchev–Trinajstić information content (AvgIpc) is 2.65. The molecule has 29 heavy (non-hydrogen) atoms. The highest BCUT2D eigenvalue weighted by molar-refractivity contribution is 8.00. The molecule has 2 aliphatic rings. The number of carbonyl (C=O) groups excluding carboxylic acids is 3. The molecule has 1 amide bonds. The first-order valence-electron chi connectivity index (χ1n) is 8.54. The van der Waals surface area contributed by atoms with Gasteiger partial charge < -0.3 is 20.3 Å². The molecule has 10 heteroatoms. The Morgan fingerprint density at radius 2 is 1.83 bits per heavy atom. The summed E-state index contributed by atoms with van der Waals surface area (Å²) in [7, 11) is 0. The molecule has 1 saturated heterocycles. The van der Waals surface area contributed by atoms with Crippen molar-refractivity contribution >= 4 is 41.7 Å². The minimum atomic E-state index is -1.21. The molecule has 1 aromatic rings. The molecule has 1 fully saturated rings. The first-order chi connectivity index (χ1) is 13.7. The first-order valence-corrected chi connectivity index (χ1v) is 9.59. The molecular formula is C19H18N2O7S. The van der Waals surface area contributed by atoms with Crippen molar-refractivity contribution in [2.45, 2.75) is 25.3 Å². The highest BCUT2D eigenvalue weighted by atomic mass is 32.2. The zero-order valence-electron chi connectivity index (χ0n) is 15.6. The fraction of sp³-hybridized carbons (Fsp3) is 0.263. The van der Waals surface area contributed by atoms with E-state index in [0.29, 0.717) is 16.9 Å². The van der Waals surface area contributed by atoms with Gasteiger partial charge in [0.15, 0.2) is 11.5 Å². The van der Waals surface area contributed by atoms with Gasteiger partial charge in [-0.2, -0.15) is 0 Å². The van der Waals surface area contributed by atoms with Gasteiger partial charge in [-0.1, -0.05) is 18.2 Å². The van der Waals surface area contributed by atoms with E-state index in [4.69, 9.17) is 15.2 Å². The Morgan fingerprint density at radius 3 is 2.45 bits per heavy atom. The lowest BCUT2D eigenvalue weighted by Crippen LogP contribution is -2.68. The van der Waals surface area contributed by atoms with Crippen LogP contribution in [-0.2, 0) is 19.2 Å². The van der Waals surface area contributed by atoms with Gasteiger partial charge in [-0.15, -0.1) is 11.8 Å². The second-order valence-electron chi connectivity index (χ2n) is 6.34. The summed E-state index contributed by atoms with van der Waals surface area (Å²) in [6.07, 6.45) is 3.20. The number of thioether (sulfide) groups is 1. The Balaban J connectivity index is 1.92. The number of carbonyl (C=O) groups is 4. The number of carboxylic acid groups (broad SMARTS) is 1. The summed E-state index contributed by atoms with van der Waals surface area (Å²) in [5.74, 6) is -2.25. The fourth-order valence-corrected chi connectivity index (χ4v) is 4.23. The summed E-state index contributed by atoms with van der Waals surface area (Å²) in [6.45, 7) is 2.44. The summed E-state index contributed by atoms with van der Waals surface area (Å²) in [4.78, 5) is 47.4.